The van der Waals surface area contributed by atoms with Gasteiger partial charge in [-0.05, 0) is 26.0 Å². The van der Waals surface area contributed by atoms with Gasteiger partial charge in [0.15, 0.2) is 0 Å². The molecule has 0 amide bonds. The highest BCUT2D eigenvalue weighted by molar-refractivity contribution is 7.12. The number of ether oxygens (including phenoxy) is 1. The maximum atomic E-state index is 5.35. The van der Waals surface area contributed by atoms with Crippen molar-refractivity contribution < 1.29 is 4.74 Å². The van der Waals surface area contributed by atoms with Gasteiger partial charge in [-0.2, -0.15) is 0 Å². The fraction of sp³-hybridized carbons (Fsp3) is 0.636. The summed E-state index contributed by atoms with van der Waals surface area (Å²) in [5.41, 5.74) is 0. The first-order chi connectivity index (χ1) is 6.77. The molecule has 0 radical (unpaired) electrons. The van der Waals surface area contributed by atoms with Crippen molar-refractivity contribution in [1.29, 1.82) is 0 Å². The molecular formula is C11H17NOS. The normalized spacial score (nSPS) is 21.0. The standard InChI is InChI=1S/C11H17NOS/c1-9-3-4-11(14-9)10(2)12-5-7-13-8-6-12/h3-4,10H,5-8H2,1-2H3/t10-/m1/s1. The van der Waals surface area contributed by atoms with Crippen molar-refractivity contribution in [2.45, 2.75) is 19.9 Å². The first-order valence-electron chi connectivity index (χ1n) is 5.15. The van der Waals surface area contributed by atoms with Crippen LogP contribution in [0.15, 0.2) is 12.1 Å². The van der Waals surface area contributed by atoms with Crippen molar-refractivity contribution in [2.24, 2.45) is 0 Å². The highest BCUT2D eigenvalue weighted by Gasteiger charge is 2.19. The van der Waals surface area contributed by atoms with Crippen LogP contribution in [0, 0.1) is 6.92 Å². The van der Waals surface area contributed by atoms with E-state index in [4.69, 9.17) is 4.74 Å². The van der Waals surface area contributed by atoms with Crippen molar-refractivity contribution in [2.75, 3.05) is 26.3 Å². The quantitative estimate of drug-likeness (QED) is 0.745. The molecule has 1 aromatic rings. The number of hydrogen-bond acceptors (Lipinski definition) is 3. The first-order valence-corrected chi connectivity index (χ1v) is 5.97. The summed E-state index contributed by atoms with van der Waals surface area (Å²) < 4.78 is 5.35. The molecule has 78 valence electrons. The first kappa shape index (κ1) is 10.1. The van der Waals surface area contributed by atoms with Crippen molar-refractivity contribution in [3.8, 4) is 0 Å². The van der Waals surface area contributed by atoms with E-state index < -0.39 is 0 Å². The third-order valence-corrected chi connectivity index (χ3v) is 3.94. The molecule has 1 aliphatic heterocycles. The minimum absolute atomic E-state index is 0.553. The van der Waals surface area contributed by atoms with Gasteiger partial charge < -0.3 is 4.74 Å². The molecule has 1 fully saturated rings. The van der Waals surface area contributed by atoms with Crippen LogP contribution in [0.2, 0.25) is 0 Å². The Bertz CT molecular complexity index is 291. The van der Waals surface area contributed by atoms with Gasteiger partial charge >= 0.3 is 0 Å². The van der Waals surface area contributed by atoms with Crippen molar-refractivity contribution in [1.82, 2.24) is 4.90 Å². The molecule has 2 heterocycles. The van der Waals surface area contributed by atoms with Crippen LogP contribution in [-0.2, 0) is 4.74 Å². The Labute approximate surface area is 89.5 Å². The number of aryl methyl sites for hydroxylation is 1. The van der Waals surface area contributed by atoms with Crippen molar-refractivity contribution >= 4 is 11.3 Å². The number of rotatable bonds is 2. The van der Waals surface area contributed by atoms with Gasteiger partial charge in [-0.25, -0.2) is 0 Å². The third kappa shape index (κ3) is 2.16. The van der Waals surface area contributed by atoms with Crippen LogP contribution in [0.25, 0.3) is 0 Å². The van der Waals surface area contributed by atoms with Crippen LogP contribution < -0.4 is 0 Å². The molecule has 1 saturated heterocycles. The molecule has 0 N–H and O–H groups in total. The summed E-state index contributed by atoms with van der Waals surface area (Å²) in [6, 6.07) is 5.01. The van der Waals surface area contributed by atoms with E-state index in [0.717, 1.165) is 26.3 Å². The molecule has 0 spiro atoms. The Hall–Kier alpha value is -0.380. The van der Waals surface area contributed by atoms with Gasteiger partial charge in [0.1, 0.15) is 0 Å². The molecule has 1 aromatic heterocycles. The minimum atomic E-state index is 0.553. The van der Waals surface area contributed by atoms with Crippen molar-refractivity contribution in [3.05, 3.63) is 21.9 Å². The van der Waals surface area contributed by atoms with Crippen LogP contribution in [0.1, 0.15) is 22.7 Å². The highest BCUT2D eigenvalue weighted by atomic mass is 32.1. The Morgan fingerprint density at radius 2 is 2.07 bits per heavy atom. The SMILES string of the molecule is Cc1ccc([C@@H](C)N2CCOCC2)s1. The predicted molar refractivity (Wildman–Crippen MR) is 59.9 cm³/mol. The fourth-order valence-electron chi connectivity index (χ4n) is 1.82. The summed E-state index contributed by atoms with van der Waals surface area (Å²) in [6.07, 6.45) is 0. The lowest BCUT2D eigenvalue weighted by Crippen LogP contribution is -2.37. The molecule has 1 aliphatic rings. The Kier molecular flexibility index (Phi) is 3.21. The lowest BCUT2D eigenvalue weighted by molar-refractivity contribution is 0.0205. The summed E-state index contributed by atoms with van der Waals surface area (Å²) in [7, 11) is 0. The van der Waals surface area contributed by atoms with Crippen LogP contribution in [0.4, 0.5) is 0 Å². The largest absolute Gasteiger partial charge is 0.379 e. The number of hydrogen-bond donors (Lipinski definition) is 0. The molecule has 2 rings (SSSR count). The Morgan fingerprint density at radius 3 is 2.64 bits per heavy atom. The van der Waals surface area contributed by atoms with Gasteiger partial charge in [0.25, 0.3) is 0 Å². The van der Waals surface area contributed by atoms with Crippen LogP contribution >= 0.6 is 11.3 Å². The second-order valence-corrected chi connectivity index (χ2v) is 5.09. The molecule has 1 atom stereocenters. The van der Waals surface area contributed by atoms with E-state index in [0.29, 0.717) is 6.04 Å². The summed E-state index contributed by atoms with van der Waals surface area (Å²) in [5.74, 6) is 0. The maximum Gasteiger partial charge on any atom is 0.0594 e. The van der Waals surface area contributed by atoms with Gasteiger partial charge in [0.2, 0.25) is 0 Å². The zero-order chi connectivity index (χ0) is 9.97. The zero-order valence-corrected chi connectivity index (χ0v) is 9.64. The van der Waals surface area contributed by atoms with E-state index >= 15 is 0 Å². The lowest BCUT2D eigenvalue weighted by Gasteiger charge is -2.31. The second kappa shape index (κ2) is 4.43. The van der Waals surface area contributed by atoms with Gasteiger partial charge in [0, 0.05) is 28.9 Å². The predicted octanol–water partition coefficient (Wildman–Crippen LogP) is 2.45. The van der Waals surface area contributed by atoms with Gasteiger partial charge in [-0.15, -0.1) is 11.3 Å². The lowest BCUT2D eigenvalue weighted by atomic mass is 10.2. The highest BCUT2D eigenvalue weighted by Crippen LogP contribution is 2.27. The van der Waals surface area contributed by atoms with E-state index in [1.165, 1.54) is 9.75 Å². The monoisotopic (exact) mass is 211 g/mol. The Balaban J connectivity index is 2.03. The molecule has 0 aliphatic carbocycles. The molecule has 2 nitrogen and oxygen atoms in total. The molecule has 3 heteroatoms. The molecule has 14 heavy (non-hydrogen) atoms. The third-order valence-electron chi connectivity index (χ3n) is 2.77. The molecule has 0 bridgehead atoms. The van der Waals surface area contributed by atoms with Gasteiger partial charge in [-0.3, -0.25) is 4.90 Å². The van der Waals surface area contributed by atoms with E-state index in [-0.39, 0.29) is 0 Å². The smallest absolute Gasteiger partial charge is 0.0594 e. The summed E-state index contributed by atoms with van der Waals surface area (Å²) in [5, 5.41) is 0. The zero-order valence-electron chi connectivity index (χ0n) is 8.82. The summed E-state index contributed by atoms with van der Waals surface area (Å²) >= 11 is 1.91. The Morgan fingerprint density at radius 1 is 1.36 bits per heavy atom. The molecular weight excluding hydrogens is 194 g/mol. The maximum absolute atomic E-state index is 5.35. The number of morpholine rings is 1. The average Bonchev–Trinajstić information content (AvgIpc) is 2.65. The van der Waals surface area contributed by atoms with E-state index in [9.17, 15) is 0 Å². The average molecular weight is 211 g/mol. The number of thiophene rings is 1. The minimum Gasteiger partial charge on any atom is -0.379 e. The van der Waals surface area contributed by atoms with Crippen LogP contribution in [-0.4, -0.2) is 31.2 Å². The second-order valence-electron chi connectivity index (χ2n) is 3.77. The van der Waals surface area contributed by atoms with E-state index in [2.05, 4.69) is 30.9 Å². The van der Waals surface area contributed by atoms with Gasteiger partial charge in [0.05, 0.1) is 13.2 Å². The van der Waals surface area contributed by atoms with Gasteiger partial charge in [-0.1, -0.05) is 0 Å². The van der Waals surface area contributed by atoms with E-state index in [1.807, 2.05) is 11.3 Å². The van der Waals surface area contributed by atoms with E-state index in [1.54, 1.807) is 0 Å². The summed E-state index contributed by atoms with van der Waals surface area (Å²) in [6.45, 7) is 8.36. The molecule has 0 aromatic carbocycles. The molecule has 0 unspecified atom stereocenters. The van der Waals surface area contributed by atoms with Crippen LogP contribution in [0.5, 0.6) is 0 Å². The molecule has 0 saturated carbocycles. The topological polar surface area (TPSA) is 12.5 Å². The van der Waals surface area contributed by atoms with Crippen LogP contribution in [0.3, 0.4) is 0 Å². The summed E-state index contributed by atoms with van der Waals surface area (Å²) in [4.78, 5) is 5.37. The van der Waals surface area contributed by atoms with Crippen molar-refractivity contribution in [3.63, 3.8) is 0 Å². The fourth-order valence-corrected chi connectivity index (χ4v) is 2.79. The number of nitrogens with zero attached hydrogens (tertiary/aromatic N) is 1.